The SMILES string of the molecule is c1ccc(CNCc2cncc(-c3ccc4[nH]nc(-c5nc6c(-c7ccoc7)ccnc6[nH]5)c4n3)c2)cc1. The number of benzene rings is 1. The molecule has 0 amide bonds. The summed E-state index contributed by atoms with van der Waals surface area (Å²) in [6, 6.07) is 20.2. The number of nitrogens with one attached hydrogen (secondary N) is 3. The summed E-state index contributed by atoms with van der Waals surface area (Å²) in [6.07, 6.45) is 8.80. The number of imidazole rings is 1. The molecule has 1 aromatic carbocycles. The maximum Gasteiger partial charge on any atom is 0.162 e. The summed E-state index contributed by atoms with van der Waals surface area (Å²) in [5.74, 6) is 0.594. The lowest BCUT2D eigenvalue weighted by atomic mass is 10.1. The molecule has 0 aliphatic heterocycles. The van der Waals surface area contributed by atoms with Crippen LogP contribution in [-0.2, 0) is 13.1 Å². The van der Waals surface area contributed by atoms with Gasteiger partial charge < -0.3 is 14.7 Å². The summed E-state index contributed by atoms with van der Waals surface area (Å²) < 4.78 is 5.27. The fourth-order valence-corrected chi connectivity index (χ4v) is 4.57. The van der Waals surface area contributed by atoms with Gasteiger partial charge in [-0.3, -0.25) is 10.1 Å². The third-order valence-electron chi connectivity index (χ3n) is 6.44. The van der Waals surface area contributed by atoms with Crippen molar-refractivity contribution in [2.24, 2.45) is 0 Å². The van der Waals surface area contributed by atoms with Crippen LogP contribution in [0, 0.1) is 0 Å². The van der Waals surface area contributed by atoms with E-state index in [1.165, 1.54) is 5.56 Å². The van der Waals surface area contributed by atoms with Gasteiger partial charge in [0, 0.05) is 48.4 Å². The molecule has 3 N–H and O–H groups in total. The van der Waals surface area contributed by atoms with E-state index in [0.29, 0.717) is 23.7 Å². The van der Waals surface area contributed by atoms with Crippen molar-refractivity contribution in [2.45, 2.75) is 13.1 Å². The van der Waals surface area contributed by atoms with Crippen LogP contribution in [0.1, 0.15) is 11.1 Å². The first-order valence-corrected chi connectivity index (χ1v) is 12.2. The summed E-state index contributed by atoms with van der Waals surface area (Å²) in [6.45, 7) is 1.50. The second-order valence-electron chi connectivity index (χ2n) is 8.99. The first-order valence-electron chi connectivity index (χ1n) is 12.2. The molecule has 0 aliphatic carbocycles. The summed E-state index contributed by atoms with van der Waals surface area (Å²) in [4.78, 5) is 22.0. The Morgan fingerprint density at radius 3 is 2.66 bits per heavy atom. The molecular weight excluding hydrogens is 476 g/mol. The van der Waals surface area contributed by atoms with Gasteiger partial charge in [0.05, 0.1) is 23.7 Å². The third-order valence-corrected chi connectivity index (χ3v) is 6.44. The van der Waals surface area contributed by atoms with Crippen LogP contribution in [0.2, 0.25) is 0 Å². The van der Waals surface area contributed by atoms with Crippen molar-refractivity contribution in [3.63, 3.8) is 0 Å². The Bertz CT molecular complexity index is 1850. The number of aromatic amines is 2. The predicted molar refractivity (Wildman–Crippen MR) is 145 cm³/mol. The Labute approximate surface area is 217 Å². The van der Waals surface area contributed by atoms with Crippen LogP contribution in [0.15, 0.2) is 96.2 Å². The average Bonchev–Trinajstić information content (AvgIpc) is 3.73. The topological polar surface area (TPSA) is 121 Å². The number of aromatic nitrogens is 7. The van der Waals surface area contributed by atoms with Crippen molar-refractivity contribution >= 4 is 22.2 Å². The predicted octanol–water partition coefficient (Wildman–Crippen LogP) is 5.51. The lowest BCUT2D eigenvalue weighted by molar-refractivity contribution is 0.568. The van der Waals surface area contributed by atoms with Gasteiger partial charge in [-0.05, 0) is 41.5 Å². The fraction of sp³-hybridized carbons (Fsp3) is 0.0690. The number of H-pyrrole nitrogens is 2. The lowest BCUT2D eigenvalue weighted by Gasteiger charge is -2.07. The molecule has 38 heavy (non-hydrogen) atoms. The molecule has 0 spiro atoms. The molecule has 0 bridgehead atoms. The average molecular weight is 499 g/mol. The lowest BCUT2D eigenvalue weighted by Crippen LogP contribution is -2.12. The first kappa shape index (κ1) is 22.1. The number of fused-ring (bicyclic) bond motifs is 2. The summed E-state index contributed by atoms with van der Waals surface area (Å²) in [7, 11) is 0. The first-order chi connectivity index (χ1) is 18.8. The van der Waals surface area contributed by atoms with Gasteiger partial charge in [-0.1, -0.05) is 30.3 Å². The van der Waals surface area contributed by atoms with Crippen molar-refractivity contribution in [1.29, 1.82) is 0 Å². The van der Waals surface area contributed by atoms with Crippen LogP contribution in [0.4, 0.5) is 0 Å². The number of hydrogen-bond donors (Lipinski definition) is 3. The maximum absolute atomic E-state index is 5.27. The second kappa shape index (κ2) is 9.38. The van der Waals surface area contributed by atoms with E-state index in [1.807, 2.05) is 54.9 Å². The van der Waals surface area contributed by atoms with Crippen LogP contribution in [-0.4, -0.2) is 35.1 Å². The van der Waals surface area contributed by atoms with E-state index in [1.54, 1.807) is 18.7 Å². The van der Waals surface area contributed by atoms with Crippen molar-refractivity contribution in [2.75, 3.05) is 0 Å². The third kappa shape index (κ3) is 4.10. The van der Waals surface area contributed by atoms with E-state index in [-0.39, 0.29) is 0 Å². The molecule has 9 nitrogen and oxygen atoms in total. The number of rotatable bonds is 7. The Morgan fingerprint density at radius 1 is 0.842 bits per heavy atom. The molecule has 0 fully saturated rings. The molecule has 184 valence electrons. The number of pyridine rings is 3. The van der Waals surface area contributed by atoms with E-state index in [4.69, 9.17) is 14.4 Å². The highest BCUT2D eigenvalue weighted by atomic mass is 16.3. The van der Waals surface area contributed by atoms with Gasteiger partial charge >= 0.3 is 0 Å². The highest BCUT2D eigenvalue weighted by molar-refractivity contribution is 5.94. The van der Waals surface area contributed by atoms with Crippen LogP contribution in [0.25, 0.3) is 56.1 Å². The van der Waals surface area contributed by atoms with Gasteiger partial charge in [0.25, 0.3) is 0 Å². The number of hydrogen-bond acceptors (Lipinski definition) is 7. The summed E-state index contributed by atoms with van der Waals surface area (Å²) in [5.41, 5.74) is 9.54. The molecule has 0 radical (unpaired) electrons. The quantitative estimate of drug-likeness (QED) is 0.265. The van der Waals surface area contributed by atoms with Gasteiger partial charge in [0.2, 0.25) is 0 Å². The molecule has 6 heterocycles. The maximum atomic E-state index is 5.27. The minimum Gasteiger partial charge on any atom is -0.472 e. The van der Waals surface area contributed by atoms with E-state index in [0.717, 1.165) is 51.0 Å². The Kier molecular flexibility index (Phi) is 5.45. The molecule has 0 aliphatic rings. The van der Waals surface area contributed by atoms with Gasteiger partial charge in [0.15, 0.2) is 17.2 Å². The van der Waals surface area contributed by atoms with Crippen molar-refractivity contribution < 1.29 is 4.42 Å². The smallest absolute Gasteiger partial charge is 0.162 e. The van der Waals surface area contributed by atoms with E-state index < -0.39 is 0 Å². The molecule has 7 rings (SSSR count). The highest BCUT2D eigenvalue weighted by Crippen LogP contribution is 2.31. The van der Waals surface area contributed by atoms with Crippen LogP contribution < -0.4 is 5.32 Å². The number of furan rings is 1. The Balaban J connectivity index is 1.20. The Morgan fingerprint density at radius 2 is 1.76 bits per heavy atom. The monoisotopic (exact) mass is 498 g/mol. The van der Waals surface area contributed by atoms with Crippen LogP contribution in [0.5, 0.6) is 0 Å². The van der Waals surface area contributed by atoms with Gasteiger partial charge in [0.1, 0.15) is 11.0 Å². The highest BCUT2D eigenvalue weighted by Gasteiger charge is 2.17. The van der Waals surface area contributed by atoms with E-state index >= 15 is 0 Å². The molecule has 0 saturated heterocycles. The summed E-state index contributed by atoms with van der Waals surface area (Å²) >= 11 is 0. The zero-order valence-corrected chi connectivity index (χ0v) is 20.2. The fourth-order valence-electron chi connectivity index (χ4n) is 4.57. The molecule has 9 heteroatoms. The zero-order chi connectivity index (χ0) is 25.3. The molecule has 0 saturated carbocycles. The minimum absolute atomic E-state index is 0.594. The molecule has 6 aromatic heterocycles. The van der Waals surface area contributed by atoms with E-state index in [2.05, 4.69) is 48.7 Å². The van der Waals surface area contributed by atoms with Crippen molar-refractivity contribution in [3.8, 4) is 33.9 Å². The standard InChI is InChI=1S/C29H22N8O/c1-2-4-18(5-3-1)13-30-14-19-12-21(16-31-15-19)23-6-7-24-26(33-23)27(37-36-24)29-34-25-22(20-9-11-38-17-20)8-10-32-28(25)35-29/h1-12,15-17,30H,13-14H2,(H,36,37)(H,32,34,35). The van der Waals surface area contributed by atoms with Crippen molar-refractivity contribution in [1.82, 2.24) is 40.4 Å². The number of nitrogens with zero attached hydrogens (tertiary/aromatic N) is 5. The zero-order valence-electron chi connectivity index (χ0n) is 20.2. The van der Waals surface area contributed by atoms with Crippen LogP contribution >= 0.6 is 0 Å². The van der Waals surface area contributed by atoms with Gasteiger partial charge in [-0.25, -0.2) is 15.0 Å². The van der Waals surface area contributed by atoms with Crippen LogP contribution in [0.3, 0.4) is 0 Å². The largest absolute Gasteiger partial charge is 0.472 e. The van der Waals surface area contributed by atoms with Gasteiger partial charge in [-0.2, -0.15) is 5.10 Å². The normalized spacial score (nSPS) is 11.5. The summed E-state index contributed by atoms with van der Waals surface area (Å²) in [5, 5.41) is 11.1. The van der Waals surface area contributed by atoms with E-state index in [9.17, 15) is 0 Å². The molecule has 0 atom stereocenters. The Hall–Kier alpha value is -5.15. The molecule has 7 aromatic rings. The van der Waals surface area contributed by atoms with Crippen molar-refractivity contribution in [3.05, 3.63) is 103 Å². The second-order valence-corrected chi connectivity index (χ2v) is 8.99. The minimum atomic E-state index is 0.594. The molecule has 0 unspecified atom stereocenters. The van der Waals surface area contributed by atoms with Gasteiger partial charge in [-0.15, -0.1) is 0 Å². The molecular formula is C29H22N8O.